The first kappa shape index (κ1) is 24.6. The molecule has 1 atom stereocenters. The van der Waals surface area contributed by atoms with Gasteiger partial charge < -0.3 is 15.2 Å². The third-order valence-corrected chi connectivity index (χ3v) is 6.48. The number of halogens is 1. The summed E-state index contributed by atoms with van der Waals surface area (Å²) < 4.78 is 5.93. The second-order valence-electron chi connectivity index (χ2n) is 9.79. The van der Waals surface area contributed by atoms with Crippen LogP contribution < -0.4 is 10.1 Å². The van der Waals surface area contributed by atoms with E-state index in [1.807, 2.05) is 62.9 Å². The van der Waals surface area contributed by atoms with Gasteiger partial charge in [0.1, 0.15) is 18.0 Å². The van der Waals surface area contributed by atoms with Gasteiger partial charge >= 0.3 is 0 Å². The Kier molecular flexibility index (Phi) is 7.86. The van der Waals surface area contributed by atoms with Crippen molar-refractivity contribution in [2.75, 3.05) is 26.2 Å². The number of piperidine rings is 1. The van der Waals surface area contributed by atoms with E-state index in [1.165, 1.54) is 5.56 Å². The van der Waals surface area contributed by atoms with Crippen molar-refractivity contribution in [3.05, 3.63) is 64.2 Å². The van der Waals surface area contributed by atoms with Crippen molar-refractivity contribution in [1.29, 1.82) is 0 Å². The average molecular weight is 459 g/mol. The lowest BCUT2D eigenvalue weighted by Gasteiger charge is -2.39. The maximum Gasteiger partial charge on any atom is 0.234 e. The number of likely N-dealkylation sites (tertiary alicyclic amines) is 1. The zero-order valence-corrected chi connectivity index (χ0v) is 20.3. The smallest absolute Gasteiger partial charge is 0.234 e. The average Bonchev–Trinajstić information content (AvgIpc) is 2.70. The number of β-amino-alcohol motifs (C(OH)–C–C–N with tert-alkyl or cyclic N) is 1. The van der Waals surface area contributed by atoms with E-state index in [-0.39, 0.29) is 24.6 Å². The van der Waals surface area contributed by atoms with Crippen molar-refractivity contribution >= 4 is 17.5 Å². The van der Waals surface area contributed by atoms with Gasteiger partial charge in [-0.1, -0.05) is 41.9 Å². The van der Waals surface area contributed by atoms with E-state index in [9.17, 15) is 9.90 Å². The molecule has 2 aromatic carbocycles. The number of nitrogens with zero attached hydrogens (tertiary/aromatic N) is 1. The quantitative estimate of drug-likeness (QED) is 0.619. The third kappa shape index (κ3) is 6.96. The highest BCUT2D eigenvalue weighted by Crippen LogP contribution is 2.28. The number of ether oxygens (including phenoxy) is 1. The van der Waals surface area contributed by atoms with Crippen molar-refractivity contribution in [3.63, 3.8) is 0 Å². The number of nitrogens with one attached hydrogen (secondary N) is 1. The van der Waals surface area contributed by atoms with E-state index in [0.29, 0.717) is 18.7 Å². The molecule has 0 radical (unpaired) electrons. The predicted molar refractivity (Wildman–Crippen MR) is 129 cm³/mol. The number of benzene rings is 2. The van der Waals surface area contributed by atoms with Crippen LogP contribution in [0, 0.1) is 13.8 Å². The SMILES string of the molecule is Cc1cc(OC[C@]2(O)CCCN(CC(=O)NC(C)(C)Cc3ccccc3)C2)cc(C)c1Cl. The number of rotatable bonds is 8. The molecule has 2 aromatic rings. The lowest BCUT2D eigenvalue weighted by Crippen LogP contribution is -2.55. The molecule has 0 aliphatic carbocycles. The highest BCUT2D eigenvalue weighted by atomic mass is 35.5. The minimum absolute atomic E-state index is 0.0277. The lowest BCUT2D eigenvalue weighted by atomic mass is 9.93. The van der Waals surface area contributed by atoms with Crippen LogP contribution in [-0.4, -0.2) is 53.3 Å². The van der Waals surface area contributed by atoms with Crippen LogP contribution >= 0.6 is 11.6 Å². The summed E-state index contributed by atoms with van der Waals surface area (Å²) in [5.41, 5.74) is 1.76. The molecule has 0 bridgehead atoms. The Labute approximate surface area is 196 Å². The van der Waals surface area contributed by atoms with Crippen LogP contribution in [0.3, 0.4) is 0 Å². The van der Waals surface area contributed by atoms with Crippen LogP contribution in [0.2, 0.25) is 5.02 Å². The van der Waals surface area contributed by atoms with E-state index in [4.69, 9.17) is 16.3 Å². The molecule has 1 heterocycles. The Morgan fingerprint density at radius 2 is 1.88 bits per heavy atom. The molecule has 1 aliphatic rings. The van der Waals surface area contributed by atoms with Crippen molar-refractivity contribution in [2.45, 2.75) is 58.1 Å². The molecule has 1 fully saturated rings. The topological polar surface area (TPSA) is 61.8 Å². The van der Waals surface area contributed by atoms with Crippen molar-refractivity contribution in [2.24, 2.45) is 0 Å². The normalized spacial score (nSPS) is 19.6. The molecule has 1 saturated heterocycles. The number of carbonyl (C=O) groups excluding carboxylic acids is 1. The van der Waals surface area contributed by atoms with Gasteiger partial charge in [0.2, 0.25) is 5.91 Å². The van der Waals surface area contributed by atoms with Gasteiger partial charge in [0, 0.05) is 17.1 Å². The van der Waals surface area contributed by atoms with Gasteiger partial charge in [0.15, 0.2) is 0 Å². The highest BCUT2D eigenvalue weighted by Gasteiger charge is 2.35. The molecule has 0 aromatic heterocycles. The first-order valence-electron chi connectivity index (χ1n) is 11.2. The van der Waals surface area contributed by atoms with Crippen LogP contribution in [0.5, 0.6) is 5.75 Å². The van der Waals surface area contributed by atoms with Crippen molar-refractivity contribution in [3.8, 4) is 5.75 Å². The molecule has 5 nitrogen and oxygen atoms in total. The minimum atomic E-state index is -0.987. The molecule has 0 spiro atoms. The van der Waals surface area contributed by atoms with Gasteiger partial charge in [-0.25, -0.2) is 0 Å². The van der Waals surface area contributed by atoms with Gasteiger partial charge in [-0.3, -0.25) is 9.69 Å². The zero-order chi connectivity index (χ0) is 23.4. The Hall–Kier alpha value is -2.08. The van der Waals surface area contributed by atoms with Crippen molar-refractivity contribution in [1.82, 2.24) is 10.2 Å². The molecule has 174 valence electrons. The maximum absolute atomic E-state index is 12.7. The summed E-state index contributed by atoms with van der Waals surface area (Å²) in [7, 11) is 0. The Bertz CT molecular complexity index is 909. The second-order valence-corrected chi connectivity index (χ2v) is 10.2. The number of carbonyl (C=O) groups is 1. The predicted octanol–water partition coefficient (Wildman–Crippen LogP) is 4.30. The number of amides is 1. The van der Waals surface area contributed by atoms with E-state index < -0.39 is 5.60 Å². The van der Waals surface area contributed by atoms with Crippen LogP contribution in [0.4, 0.5) is 0 Å². The van der Waals surface area contributed by atoms with Crippen LogP contribution in [0.15, 0.2) is 42.5 Å². The number of hydrogen-bond donors (Lipinski definition) is 2. The van der Waals surface area contributed by atoms with Crippen molar-refractivity contribution < 1.29 is 14.6 Å². The summed E-state index contributed by atoms with van der Waals surface area (Å²) in [6.45, 7) is 9.60. The van der Waals surface area contributed by atoms with Gasteiger partial charge in [0.25, 0.3) is 0 Å². The first-order valence-corrected chi connectivity index (χ1v) is 11.6. The number of aliphatic hydroxyl groups is 1. The van der Waals surface area contributed by atoms with Crippen LogP contribution in [-0.2, 0) is 11.2 Å². The summed E-state index contributed by atoms with van der Waals surface area (Å²) >= 11 is 6.23. The largest absolute Gasteiger partial charge is 0.491 e. The molecule has 1 amide bonds. The molecule has 32 heavy (non-hydrogen) atoms. The fraction of sp³-hybridized carbons (Fsp3) is 0.500. The molecular formula is C26H35ClN2O3. The third-order valence-electron chi connectivity index (χ3n) is 5.89. The molecule has 0 saturated carbocycles. The van der Waals surface area contributed by atoms with Gasteiger partial charge in [-0.2, -0.15) is 0 Å². The van der Waals surface area contributed by atoms with Crippen LogP contribution in [0.1, 0.15) is 43.4 Å². The van der Waals surface area contributed by atoms with Gasteiger partial charge in [0.05, 0.1) is 6.54 Å². The Morgan fingerprint density at radius 1 is 1.22 bits per heavy atom. The standard InChI is InChI=1S/C26H35ClN2O3/c1-19-13-22(14-20(2)24(19)27)32-18-26(31)11-8-12-29(17-26)16-23(30)28-25(3,4)15-21-9-6-5-7-10-21/h5-7,9-10,13-14,31H,8,11-12,15-18H2,1-4H3,(H,28,30)/t26-/m0/s1. The fourth-order valence-corrected chi connectivity index (χ4v) is 4.55. The fourth-order valence-electron chi connectivity index (χ4n) is 4.44. The molecule has 1 aliphatic heterocycles. The maximum atomic E-state index is 12.7. The summed E-state index contributed by atoms with van der Waals surface area (Å²) in [5.74, 6) is 0.676. The summed E-state index contributed by atoms with van der Waals surface area (Å²) in [5, 5.41) is 15.0. The van der Waals surface area contributed by atoms with Crippen LogP contribution in [0.25, 0.3) is 0 Å². The zero-order valence-electron chi connectivity index (χ0n) is 19.6. The van der Waals surface area contributed by atoms with Gasteiger partial charge in [-0.15, -0.1) is 0 Å². The van der Waals surface area contributed by atoms with E-state index >= 15 is 0 Å². The number of aryl methyl sites for hydroxylation is 2. The monoisotopic (exact) mass is 458 g/mol. The highest BCUT2D eigenvalue weighted by molar-refractivity contribution is 6.32. The second kappa shape index (κ2) is 10.2. The number of hydrogen-bond acceptors (Lipinski definition) is 4. The Morgan fingerprint density at radius 3 is 2.53 bits per heavy atom. The van der Waals surface area contributed by atoms with Gasteiger partial charge in [-0.05, 0) is 82.3 Å². The molecule has 0 unspecified atom stereocenters. The van der Waals surface area contributed by atoms with E-state index in [1.54, 1.807) is 0 Å². The minimum Gasteiger partial charge on any atom is -0.491 e. The first-order chi connectivity index (χ1) is 15.1. The summed E-state index contributed by atoms with van der Waals surface area (Å²) in [6, 6.07) is 13.9. The summed E-state index contributed by atoms with van der Waals surface area (Å²) in [4.78, 5) is 14.7. The van der Waals surface area contributed by atoms with E-state index in [2.05, 4.69) is 17.4 Å². The Balaban J connectivity index is 1.52. The molecule has 6 heteroatoms. The molecule has 3 rings (SSSR count). The lowest BCUT2D eigenvalue weighted by molar-refractivity contribution is -0.126. The molecular weight excluding hydrogens is 424 g/mol. The van der Waals surface area contributed by atoms with E-state index in [0.717, 1.165) is 35.5 Å². The molecule has 2 N–H and O–H groups in total. The summed E-state index contributed by atoms with van der Waals surface area (Å²) in [6.07, 6.45) is 2.23.